The van der Waals surface area contributed by atoms with E-state index in [9.17, 15) is 4.79 Å². The molecule has 1 heterocycles. The fourth-order valence-corrected chi connectivity index (χ4v) is 3.44. The maximum Gasteiger partial charge on any atom is 0.233 e. The summed E-state index contributed by atoms with van der Waals surface area (Å²) in [5, 5.41) is 12.5. The van der Waals surface area contributed by atoms with Crippen LogP contribution in [0.15, 0.2) is 48.7 Å². The van der Waals surface area contributed by atoms with Gasteiger partial charge in [0.05, 0.1) is 10.3 Å². The summed E-state index contributed by atoms with van der Waals surface area (Å²) in [4.78, 5) is 12.1. The van der Waals surface area contributed by atoms with Crippen molar-refractivity contribution < 1.29 is 4.79 Å². The molecule has 132 valence electrons. The van der Waals surface area contributed by atoms with Gasteiger partial charge in [0, 0.05) is 23.7 Å². The molecule has 0 aliphatic carbocycles. The van der Waals surface area contributed by atoms with Crippen LogP contribution in [0.4, 0.5) is 0 Å². The molecule has 2 aromatic rings. The molecule has 1 aromatic heterocycles. The highest BCUT2D eigenvalue weighted by atomic mass is 35.5. The number of carbonyl (C=O) groups excluding carboxylic acids is 1. The van der Waals surface area contributed by atoms with Crippen molar-refractivity contribution >= 4 is 40.9 Å². The summed E-state index contributed by atoms with van der Waals surface area (Å²) in [6, 6.07) is 5.19. The SMILES string of the molecule is C=CCNC(=O)[C@@H](C)Sc1nnc(-c2ccc(Cl)cc2Cl)n1CC=C. The molecule has 1 N–H and O–H groups in total. The van der Waals surface area contributed by atoms with Crippen molar-refractivity contribution in [2.45, 2.75) is 23.9 Å². The normalized spacial score (nSPS) is 11.8. The van der Waals surface area contributed by atoms with E-state index in [0.717, 1.165) is 5.56 Å². The topological polar surface area (TPSA) is 59.8 Å². The van der Waals surface area contributed by atoms with Crippen LogP contribution >= 0.6 is 35.0 Å². The number of carbonyl (C=O) groups is 1. The van der Waals surface area contributed by atoms with Crippen molar-refractivity contribution in [3.63, 3.8) is 0 Å². The number of halogens is 2. The number of benzene rings is 1. The summed E-state index contributed by atoms with van der Waals surface area (Å²) in [5.74, 6) is 0.506. The van der Waals surface area contributed by atoms with Gasteiger partial charge in [-0.25, -0.2) is 0 Å². The first-order chi connectivity index (χ1) is 12.0. The van der Waals surface area contributed by atoms with Crippen LogP contribution in [0.1, 0.15) is 6.92 Å². The Balaban J connectivity index is 2.31. The smallest absolute Gasteiger partial charge is 0.233 e. The summed E-state index contributed by atoms with van der Waals surface area (Å²) in [7, 11) is 0. The third-order valence-corrected chi connectivity index (χ3v) is 4.90. The molecule has 0 unspecified atom stereocenters. The molecule has 0 saturated heterocycles. The molecule has 25 heavy (non-hydrogen) atoms. The summed E-state index contributed by atoms with van der Waals surface area (Å²) in [6.45, 7) is 10.1. The minimum Gasteiger partial charge on any atom is -0.352 e. The first-order valence-electron chi connectivity index (χ1n) is 7.52. The molecule has 0 saturated carbocycles. The standard InChI is InChI=1S/C17H18Cl2N4OS/c1-4-8-20-16(24)11(3)25-17-22-21-15(23(17)9-5-2)13-7-6-12(18)10-14(13)19/h4-7,10-11H,1-2,8-9H2,3H3,(H,20,24)/t11-/m1/s1. The fourth-order valence-electron chi connectivity index (χ4n) is 2.07. The van der Waals surface area contributed by atoms with E-state index in [4.69, 9.17) is 23.2 Å². The number of rotatable bonds is 8. The molecule has 0 aliphatic heterocycles. The van der Waals surface area contributed by atoms with Crippen molar-refractivity contribution in [2.24, 2.45) is 0 Å². The number of nitrogens with one attached hydrogen (secondary N) is 1. The van der Waals surface area contributed by atoms with Crippen LogP contribution in [0.2, 0.25) is 10.0 Å². The van der Waals surface area contributed by atoms with Crippen LogP contribution in [0.3, 0.4) is 0 Å². The number of amides is 1. The second-order valence-electron chi connectivity index (χ2n) is 5.12. The van der Waals surface area contributed by atoms with Crippen LogP contribution < -0.4 is 5.32 Å². The molecular formula is C17H18Cl2N4OS. The maximum absolute atomic E-state index is 12.1. The van der Waals surface area contributed by atoms with Crippen LogP contribution in [-0.2, 0) is 11.3 Å². The van der Waals surface area contributed by atoms with Gasteiger partial charge in [-0.2, -0.15) is 0 Å². The van der Waals surface area contributed by atoms with Gasteiger partial charge in [0.25, 0.3) is 0 Å². The molecular weight excluding hydrogens is 379 g/mol. The minimum atomic E-state index is -0.332. The van der Waals surface area contributed by atoms with Crippen molar-refractivity contribution in [1.29, 1.82) is 0 Å². The fraction of sp³-hybridized carbons (Fsp3) is 0.235. The van der Waals surface area contributed by atoms with Gasteiger partial charge in [-0.05, 0) is 25.1 Å². The van der Waals surface area contributed by atoms with Crippen molar-refractivity contribution in [1.82, 2.24) is 20.1 Å². The number of hydrogen-bond donors (Lipinski definition) is 1. The molecule has 0 bridgehead atoms. The van der Waals surface area contributed by atoms with Crippen LogP contribution in [-0.4, -0.2) is 32.5 Å². The number of thioether (sulfide) groups is 1. The Bertz CT molecular complexity index is 791. The zero-order valence-corrected chi connectivity index (χ0v) is 16.0. The van der Waals surface area contributed by atoms with Gasteiger partial charge in [0.15, 0.2) is 11.0 Å². The summed E-state index contributed by atoms with van der Waals surface area (Å²) >= 11 is 13.6. The maximum atomic E-state index is 12.1. The third-order valence-electron chi connectivity index (χ3n) is 3.27. The highest BCUT2D eigenvalue weighted by Gasteiger charge is 2.21. The Morgan fingerprint density at radius 3 is 2.76 bits per heavy atom. The quantitative estimate of drug-likeness (QED) is 0.535. The molecule has 0 radical (unpaired) electrons. The van der Waals surface area contributed by atoms with Crippen molar-refractivity contribution in [2.75, 3.05) is 6.54 Å². The van der Waals surface area contributed by atoms with Crippen molar-refractivity contribution in [3.05, 3.63) is 53.6 Å². The van der Waals surface area contributed by atoms with Gasteiger partial charge in [0.1, 0.15) is 0 Å². The van der Waals surface area contributed by atoms with Gasteiger partial charge in [-0.1, -0.05) is 47.1 Å². The van der Waals surface area contributed by atoms with Gasteiger partial charge < -0.3 is 5.32 Å². The molecule has 1 aromatic carbocycles. The van der Waals surface area contributed by atoms with E-state index >= 15 is 0 Å². The second-order valence-corrected chi connectivity index (χ2v) is 7.28. The van der Waals surface area contributed by atoms with Gasteiger partial charge in [0.2, 0.25) is 5.91 Å². The minimum absolute atomic E-state index is 0.0934. The van der Waals surface area contributed by atoms with Gasteiger partial charge in [-0.15, -0.1) is 23.4 Å². The molecule has 0 spiro atoms. The zero-order valence-electron chi connectivity index (χ0n) is 13.7. The lowest BCUT2D eigenvalue weighted by Crippen LogP contribution is -2.31. The lowest BCUT2D eigenvalue weighted by Gasteiger charge is -2.12. The first kappa shape index (κ1) is 19.6. The van der Waals surface area contributed by atoms with Gasteiger partial charge in [-0.3, -0.25) is 9.36 Å². The lowest BCUT2D eigenvalue weighted by atomic mass is 10.2. The monoisotopic (exact) mass is 396 g/mol. The van der Waals surface area contributed by atoms with E-state index in [2.05, 4.69) is 28.7 Å². The van der Waals surface area contributed by atoms with Crippen LogP contribution in [0, 0.1) is 0 Å². The number of nitrogens with zero attached hydrogens (tertiary/aromatic N) is 3. The summed E-state index contributed by atoms with van der Waals surface area (Å²) < 4.78 is 1.87. The second kappa shape index (κ2) is 9.08. The molecule has 5 nitrogen and oxygen atoms in total. The first-order valence-corrected chi connectivity index (χ1v) is 9.16. The third kappa shape index (κ3) is 4.87. The predicted molar refractivity (Wildman–Crippen MR) is 104 cm³/mol. The van der Waals surface area contributed by atoms with Crippen LogP contribution in [0.5, 0.6) is 0 Å². The van der Waals surface area contributed by atoms with E-state index in [1.54, 1.807) is 30.4 Å². The molecule has 2 rings (SSSR count). The van der Waals surface area contributed by atoms with Crippen molar-refractivity contribution in [3.8, 4) is 11.4 Å². The van der Waals surface area contributed by atoms with E-state index < -0.39 is 0 Å². The molecule has 1 atom stereocenters. The highest BCUT2D eigenvalue weighted by molar-refractivity contribution is 8.00. The van der Waals surface area contributed by atoms with E-state index in [1.807, 2.05) is 11.5 Å². The summed E-state index contributed by atoms with van der Waals surface area (Å²) in [6.07, 6.45) is 3.37. The predicted octanol–water partition coefficient (Wildman–Crippen LogP) is 4.22. The largest absolute Gasteiger partial charge is 0.352 e. The Morgan fingerprint density at radius 1 is 1.36 bits per heavy atom. The molecule has 8 heteroatoms. The number of hydrogen-bond acceptors (Lipinski definition) is 4. The van der Waals surface area contributed by atoms with E-state index in [-0.39, 0.29) is 11.2 Å². The number of aromatic nitrogens is 3. The average molecular weight is 397 g/mol. The Kier molecular flexibility index (Phi) is 7.11. The highest BCUT2D eigenvalue weighted by Crippen LogP contribution is 2.32. The zero-order chi connectivity index (χ0) is 18.4. The Labute approximate surface area is 161 Å². The van der Waals surface area contributed by atoms with Gasteiger partial charge >= 0.3 is 0 Å². The Morgan fingerprint density at radius 2 is 2.12 bits per heavy atom. The number of allylic oxidation sites excluding steroid dienone is 1. The Hall–Kier alpha value is -1.76. The average Bonchev–Trinajstić information content (AvgIpc) is 2.95. The lowest BCUT2D eigenvalue weighted by molar-refractivity contribution is -0.120. The van der Waals surface area contributed by atoms with E-state index in [0.29, 0.717) is 34.1 Å². The summed E-state index contributed by atoms with van der Waals surface area (Å²) in [5.41, 5.74) is 0.719. The van der Waals surface area contributed by atoms with E-state index in [1.165, 1.54) is 11.8 Å². The molecule has 1 amide bonds. The van der Waals surface area contributed by atoms with Crippen LogP contribution in [0.25, 0.3) is 11.4 Å². The molecule has 0 aliphatic rings. The molecule has 0 fully saturated rings.